The van der Waals surface area contributed by atoms with Gasteiger partial charge in [-0.3, -0.25) is 4.79 Å². The third kappa shape index (κ3) is 7.03. The quantitative estimate of drug-likeness (QED) is 0.656. The molecule has 0 saturated heterocycles. The van der Waals surface area contributed by atoms with Crippen LogP contribution in [0, 0.1) is 0 Å². The third-order valence-electron chi connectivity index (χ3n) is 1.82. The highest BCUT2D eigenvalue weighted by molar-refractivity contribution is 8.13. The van der Waals surface area contributed by atoms with Gasteiger partial charge in [0.25, 0.3) is 6.43 Å². The molecule has 0 aromatic carbocycles. The van der Waals surface area contributed by atoms with Crippen molar-refractivity contribution in [3.8, 4) is 0 Å². The molecule has 0 aromatic heterocycles. The third-order valence-corrected chi connectivity index (χ3v) is 2.66. The van der Waals surface area contributed by atoms with Crippen LogP contribution in [0.5, 0.6) is 0 Å². The molecule has 0 bridgehead atoms. The predicted molar refractivity (Wildman–Crippen MR) is 53.1 cm³/mol. The van der Waals surface area contributed by atoms with Crippen LogP contribution < -0.4 is 0 Å². The highest BCUT2D eigenvalue weighted by atomic mass is 32.2. The van der Waals surface area contributed by atoms with E-state index in [0.717, 1.165) is 11.8 Å². The lowest BCUT2D eigenvalue weighted by atomic mass is 10.1. The minimum absolute atomic E-state index is 0.0581. The Morgan fingerprint density at radius 3 is 2.06 bits per heavy atom. The molecule has 0 saturated carbocycles. The molecule has 16 heavy (non-hydrogen) atoms. The molecule has 0 aliphatic carbocycles. The van der Waals surface area contributed by atoms with Crippen molar-refractivity contribution in [3.05, 3.63) is 0 Å². The van der Waals surface area contributed by atoms with Gasteiger partial charge in [-0.25, -0.2) is 22.0 Å². The fraction of sp³-hybridized carbons (Fsp3) is 0.889. The van der Waals surface area contributed by atoms with Crippen molar-refractivity contribution in [3.63, 3.8) is 0 Å². The van der Waals surface area contributed by atoms with Crippen LogP contribution >= 0.6 is 11.8 Å². The van der Waals surface area contributed by atoms with E-state index in [4.69, 9.17) is 0 Å². The standard InChI is InChI=1S/C9H13F5OS/c1-5(15)16-3-2-6(10)7(11)4-8(12)9(13)14/h6-9H,2-4H2,1H3. The summed E-state index contributed by atoms with van der Waals surface area (Å²) in [5.74, 6) is 0.0581. The number of alkyl halides is 5. The molecule has 3 unspecified atom stereocenters. The number of carbonyl (C=O) groups excluding carboxylic acids is 1. The van der Waals surface area contributed by atoms with E-state index in [1.54, 1.807) is 0 Å². The molecule has 0 radical (unpaired) electrons. The Kier molecular flexibility index (Phi) is 7.70. The van der Waals surface area contributed by atoms with Gasteiger partial charge in [0, 0.05) is 19.1 Å². The smallest absolute Gasteiger partial charge is 0.269 e. The van der Waals surface area contributed by atoms with E-state index in [1.165, 1.54) is 6.92 Å². The number of carbonyl (C=O) groups is 1. The van der Waals surface area contributed by atoms with E-state index in [0.29, 0.717) is 0 Å². The summed E-state index contributed by atoms with van der Waals surface area (Å²) >= 11 is 0.815. The number of halogens is 5. The molecule has 0 fully saturated rings. The molecule has 1 nitrogen and oxygen atoms in total. The fourth-order valence-corrected chi connectivity index (χ4v) is 1.59. The lowest BCUT2D eigenvalue weighted by Crippen LogP contribution is -2.25. The molecule has 0 spiro atoms. The second kappa shape index (κ2) is 7.86. The Hall–Kier alpha value is -0.330. The van der Waals surface area contributed by atoms with Gasteiger partial charge < -0.3 is 0 Å². The first-order chi connectivity index (χ1) is 7.34. The zero-order valence-corrected chi connectivity index (χ0v) is 9.45. The van der Waals surface area contributed by atoms with Gasteiger partial charge in [0.2, 0.25) is 0 Å². The van der Waals surface area contributed by atoms with E-state index in [9.17, 15) is 26.7 Å². The van der Waals surface area contributed by atoms with Gasteiger partial charge in [-0.15, -0.1) is 0 Å². The van der Waals surface area contributed by atoms with E-state index in [2.05, 4.69) is 0 Å². The summed E-state index contributed by atoms with van der Waals surface area (Å²) in [6.07, 6.45) is -11.6. The van der Waals surface area contributed by atoms with Gasteiger partial charge in [-0.1, -0.05) is 11.8 Å². The van der Waals surface area contributed by atoms with Gasteiger partial charge >= 0.3 is 0 Å². The highest BCUT2D eigenvalue weighted by Gasteiger charge is 2.29. The molecule has 7 heteroatoms. The fourth-order valence-electron chi connectivity index (χ4n) is 0.962. The van der Waals surface area contributed by atoms with E-state index < -0.39 is 31.4 Å². The Balaban J connectivity index is 3.80. The van der Waals surface area contributed by atoms with E-state index in [1.807, 2.05) is 0 Å². The molecular weight excluding hydrogens is 251 g/mol. The van der Waals surface area contributed by atoms with Gasteiger partial charge in [-0.2, -0.15) is 0 Å². The van der Waals surface area contributed by atoms with Crippen LogP contribution in [0.25, 0.3) is 0 Å². The Bertz CT molecular complexity index is 214. The van der Waals surface area contributed by atoms with Crippen molar-refractivity contribution in [2.24, 2.45) is 0 Å². The topological polar surface area (TPSA) is 17.1 Å². The van der Waals surface area contributed by atoms with Crippen LogP contribution in [-0.4, -0.2) is 35.8 Å². The zero-order valence-electron chi connectivity index (χ0n) is 8.64. The lowest BCUT2D eigenvalue weighted by molar-refractivity contribution is -0.109. The molecular formula is C9H13F5OS. The van der Waals surface area contributed by atoms with Gasteiger partial charge in [0.1, 0.15) is 12.3 Å². The summed E-state index contributed by atoms with van der Waals surface area (Å²) in [5.41, 5.74) is 0. The summed E-state index contributed by atoms with van der Waals surface area (Å²) in [5, 5.41) is -0.237. The van der Waals surface area contributed by atoms with Crippen LogP contribution in [0.1, 0.15) is 19.8 Å². The van der Waals surface area contributed by atoms with Gasteiger partial charge in [-0.05, 0) is 6.42 Å². The van der Waals surface area contributed by atoms with Crippen LogP contribution in [0.3, 0.4) is 0 Å². The van der Waals surface area contributed by atoms with Crippen LogP contribution in [-0.2, 0) is 4.79 Å². The van der Waals surface area contributed by atoms with E-state index in [-0.39, 0.29) is 17.3 Å². The largest absolute Gasteiger partial charge is 0.288 e. The average Bonchev–Trinajstić information content (AvgIpc) is 2.16. The van der Waals surface area contributed by atoms with Crippen molar-refractivity contribution in [1.82, 2.24) is 0 Å². The Labute approximate surface area is 94.8 Å². The maximum Gasteiger partial charge on any atom is 0.269 e. The summed E-state index contributed by atoms with van der Waals surface area (Å²) < 4.78 is 61.6. The second-order valence-corrected chi connectivity index (χ2v) is 4.52. The number of thioether (sulfide) groups is 1. The molecule has 0 rings (SSSR count). The first-order valence-corrected chi connectivity index (χ1v) is 5.67. The van der Waals surface area contributed by atoms with Crippen molar-refractivity contribution < 1.29 is 26.7 Å². The molecule has 0 aromatic rings. The zero-order chi connectivity index (χ0) is 12.7. The minimum Gasteiger partial charge on any atom is -0.288 e. The predicted octanol–water partition coefficient (Wildman–Crippen LogP) is 3.33. The van der Waals surface area contributed by atoms with Gasteiger partial charge in [0.15, 0.2) is 11.3 Å². The molecule has 0 amide bonds. The van der Waals surface area contributed by atoms with Crippen LogP contribution in [0.15, 0.2) is 0 Å². The molecule has 3 atom stereocenters. The average molecular weight is 264 g/mol. The Morgan fingerprint density at radius 1 is 1.06 bits per heavy atom. The van der Waals surface area contributed by atoms with Gasteiger partial charge in [0.05, 0.1) is 0 Å². The van der Waals surface area contributed by atoms with Crippen LogP contribution in [0.4, 0.5) is 22.0 Å². The molecule has 0 aliphatic rings. The number of hydrogen-bond donors (Lipinski definition) is 0. The Morgan fingerprint density at radius 2 is 1.62 bits per heavy atom. The minimum atomic E-state index is -3.29. The first kappa shape index (κ1) is 15.7. The lowest BCUT2D eigenvalue weighted by Gasteiger charge is -2.15. The maximum absolute atomic E-state index is 13.0. The number of hydrogen-bond acceptors (Lipinski definition) is 2. The van der Waals surface area contributed by atoms with Crippen molar-refractivity contribution >= 4 is 16.9 Å². The molecule has 96 valence electrons. The summed E-state index contributed by atoms with van der Waals surface area (Å²) in [6, 6.07) is 0. The molecule has 0 heterocycles. The second-order valence-electron chi connectivity index (χ2n) is 3.25. The first-order valence-electron chi connectivity index (χ1n) is 4.68. The van der Waals surface area contributed by atoms with Crippen molar-refractivity contribution in [2.75, 3.05) is 5.75 Å². The summed E-state index contributed by atoms with van der Waals surface area (Å²) in [6.45, 7) is 1.28. The highest BCUT2D eigenvalue weighted by Crippen LogP contribution is 2.20. The van der Waals surface area contributed by atoms with Crippen molar-refractivity contribution in [1.29, 1.82) is 0 Å². The summed E-state index contributed by atoms with van der Waals surface area (Å²) in [7, 11) is 0. The molecule has 0 N–H and O–H groups in total. The normalized spacial score (nSPS) is 17.2. The SMILES string of the molecule is CC(=O)SCCC(F)C(F)CC(F)C(F)F. The van der Waals surface area contributed by atoms with Crippen molar-refractivity contribution in [2.45, 2.75) is 44.7 Å². The summed E-state index contributed by atoms with van der Waals surface area (Å²) in [4.78, 5) is 10.4. The molecule has 0 aliphatic heterocycles. The number of rotatable bonds is 7. The van der Waals surface area contributed by atoms with Crippen LogP contribution in [0.2, 0.25) is 0 Å². The maximum atomic E-state index is 13.0. The van der Waals surface area contributed by atoms with E-state index >= 15 is 0 Å². The monoisotopic (exact) mass is 264 g/mol.